The lowest BCUT2D eigenvalue weighted by Gasteiger charge is -2.37. The number of halogens is 2. The van der Waals surface area contributed by atoms with Crippen molar-refractivity contribution in [1.29, 1.82) is 0 Å². The summed E-state index contributed by atoms with van der Waals surface area (Å²) in [5.74, 6) is 0.666. The van der Waals surface area contributed by atoms with Crippen molar-refractivity contribution in [3.05, 3.63) is 42.5 Å². The molecule has 26 heavy (non-hydrogen) atoms. The molecule has 1 aliphatic carbocycles. The minimum atomic E-state index is -0.211. The Labute approximate surface area is 166 Å². The van der Waals surface area contributed by atoms with Crippen LogP contribution in [0.15, 0.2) is 36.9 Å². The van der Waals surface area contributed by atoms with Gasteiger partial charge in [0.25, 0.3) is 0 Å². The third kappa shape index (κ3) is 4.03. The van der Waals surface area contributed by atoms with Crippen LogP contribution in [0.4, 0.5) is 5.69 Å². The van der Waals surface area contributed by atoms with Gasteiger partial charge >= 0.3 is 0 Å². The zero-order valence-corrected chi connectivity index (χ0v) is 16.2. The van der Waals surface area contributed by atoms with Crippen LogP contribution in [0.1, 0.15) is 31.2 Å². The van der Waals surface area contributed by atoms with Gasteiger partial charge in [0, 0.05) is 12.2 Å². The Balaban J connectivity index is 0.00000121. The lowest BCUT2D eigenvalue weighted by Crippen LogP contribution is -2.44. The Morgan fingerprint density at radius 2 is 2.08 bits per heavy atom. The number of anilines is 1. The summed E-state index contributed by atoms with van der Waals surface area (Å²) in [5, 5.41) is 10.7. The van der Waals surface area contributed by atoms with E-state index in [2.05, 4.69) is 20.7 Å². The summed E-state index contributed by atoms with van der Waals surface area (Å²) in [4.78, 5) is 16.9. The Bertz CT molecular complexity index is 707. The summed E-state index contributed by atoms with van der Waals surface area (Å²) in [6.07, 6.45) is 7.80. The second-order valence-electron chi connectivity index (χ2n) is 6.97. The number of carbonyl (C=O) groups is 1. The van der Waals surface area contributed by atoms with Crippen molar-refractivity contribution in [3.8, 4) is 0 Å². The Morgan fingerprint density at radius 3 is 2.81 bits per heavy atom. The lowest BCUT2D eigenvalue weighted by molar-refractivity contribution is -0.128. The number of nitrogens with one attached hydrogen (secondary N) is 2. The van der Waals surface area contributed by atoms with Crippen molar-refractivity contribution in [3.63, 3.8) is 0 Å². The highest BCUT2D eigenvalue weighted by Gasteiger charge is 2.49. The maximum absolute atomic E-state index is 12.9. The molecule has 2 atom stereocenters. The van der Waals surface area contributed by atoms with Gasteiger partial charge in [0.1, 0.15) is 12.7 Å². The van der Waals surface area contributed by atoms with Gasteiger partial charge < -0.3 is 10.6 Å². The zero-order valence-electron chi connectivity index (χ0n) is 14.6. The topological polar surface area (TPSA) is 71.8 Å². The molecule has 2 N–H and O–H groups in total. The number of amides is 1. The summed E-state index contributed by atoms with van der Waals surface area (Å²) in [5.41, 5.74) is 1.79. The molecule has 8 heteroatoms. The van der Waals surface area contributed by atoms with Crippen LogP contribution in [0.5, 0.6) is 0 Å². The number of aromatic nitrogens is 3. The number of carbonyl (C=O) groups excluding carboxylic acids is 1. The molecule has 1 amide bonds. The van der Waals surface area contributed by atoms with Crippen molar-refractivity contribution in [2.75, 3.05) is 18.4 Å². The van der Waals surface area contributed by atoms with Gasteiger partial charge in [-0.3, -0.25) is 4.79 Å². The molecule has 4 rings (SSSR count). The first-order valence-electron chi connectivity index (χ1n) is 8.70. The number of fused-ring (bicyclic) bond motifs is 1. The molecule has 2 aliphatic rings. The number of hydrogen-bond acceptors (Lipinski definition) is 4. The summed E-state index contributed by atoms with van der Waals surface area (Å²) in [6.45, 7) is 2.47. The first-order chi connectivity index (χ1) is 11.8. The molecule has 1 aliphatic heterocycles. The molecule has 2 fully saturated rings. The van der Waals surface area contributed by atoms with Gasteiger partial charge in [-0.2, -0.15) is 5.10 Å². The number of nitrogens with zero attached hydrogens (tertiary/aromatic N) is 3. The molecular weight excluding hydrogens is 373 g/mol. The Morgan fingerprint density at radius 1 is 1.27 bits per heavy atom. The van der Waals surface area contributed by atoms with E-state index < -0.39 is 0 Å². The SMILES string of the molecule is Cl.Cl.O=C(Nc1ccc(Cn2cncn2)cc1)[C@@]12CCCC[C@H]1CNC2. The van der Waals surface area contributed by atoms with Crippen LogP contribution >= 0.6 is 24.8 Å². The first-order valence-corrected chi connectivity index (χ1v) is 8.70. The molecule has 2 heterocycles. The molecule has 1 aromatic carbocycles. The third-order valence-corrected chi connectivity index (χ3v) is 5.51. The van der Waals surface area contributed by atoms with Gasteiger partial charge in [-0.05, 0) is 43.0 Å². The highest BCUT2D eigenvalue weighted by atomic mass is 35.5. The fourth-order valence-corrected chi connectivity index (χ4v) is 4.14. The highest BCUT2D eigenvalue weighted by Crippen LogP contribution is 2.44. The van der Waals surface area contributed by atoms with Crippen LogP contribution in [0.3, 0.4) is 0 Å². The summed E-state index contributed by atoms with van der Waals surface area (Å²) in [7, 11) is 0. The molecule has 2 aromatic rings. The molecule has 142 valence electrons. The maximum Gasteiger partial charge on any atom is 0.232 e. The van der Waals surface area contributed by atoms with E-state index in [0.717, 1.165) is 43.6 Å². The molecule has 0 spiro atoms. The standard InChI is InChI=1S/C18H23N5O.2ClH/c24-17(18-8-2-1-3-15(18)9-19-11-18)22-16-6-4-14(5-7-16)10-23-13-20-12-21-23;;/h4-7,12-13,15,19H,1-3,8-11H2,(H,22,24);2*1H/t15-,18+;;/m0../s1. The predicted octanol–water partition coefficient (Wildman–Crippen LogP) is 2.89. The smallest absolute Gasteiger partial charge is 0.232 e. The quantitative estimate of drug-likeness (QED) is 0.831. The van der Waals surface area contributed by atoms with E-state index in [-0.39, 0.29) is 36.1 Å². The van der Waals surface area contributed by atoms with Crippen molar-refractivity contribution >= 4 is 36.4 Å². The fraction of sp³-hybridized carbons (Fsp3) is 0.500. The minimum absolute atomic E-state index is 0. The molecule has 0 bridgehead atoms. The second-order valence-corrected chi connectivity index (χ2v) is 6.97. The van der Waals surface area contributed by atoms with E-state index in [9.17, 15) is 4.79 Å². The maximum atomic E-state index is 12.9. The highest BCUT2D eigenvalue weighted by molar-refractivity contribution is 5.96. The van der Waals surface area contributed by atoms with E-state index in [0.29, 0.717) is 12.5 Å². The number of benzene rings is 1. The van der Waals surface area contributed by atoms with Gasteiger partial charge in [0.05, 0.1) is 12.0 Å². The Kier molecular flexibility index (Phi) is 7.03. The van der Waals surface area contributed by atoms with Crippen LogP contribution in [-0.4, -0.2) is 33.8 Å². The molecular formula is C18H25Cl2N5O. The van der Waals surface area contributed by atoms with Gasteiger partial charge in [-0.25, -0.2) is 9.67 Å². The van der Waals surface area contributed by atoms with E-state index >= 15 is 0 Å². The van der Waals surface area contributed by atoms with Crippen LogP contribution in [-0.2, 0) is 11.3 Å². The number of hydrogen-bond donors (Lipinski definition) is 2. The van der Waals surface area contributed by atoms with Crippen molar-refractivity contribution in [2.24, 2.45) is 11.3 Å². The molecule has 1 saturated heterocycles. The van der Waals surface area contributed by atoms with E-state index in [1.165, 1.54) is 12.7 Å². The molecule has 1 aromatic heterocycles. The van der Waals surface area contributed by atoms with Gasteiger partial charge in [-0.1, -0.05) is 25.0 Å². The lowest BCUT2D eigenvalue weighted by atomic mass is 9.67. The summed E-state index contributed by atoms with van der Waals surface area (Å²) >= 11 is 0. The molecule has 1 saturated carbocycles. The average molecular weight is 398 g/mol. The van der Waals surface area contributed by atoms with Crippen LogP contribution in [0.25, 0.3) is 0 Å². The fourth-order valence-electron chi connectivity index (χ4n) is 4.14. The number of rotatable bonds is 4. The van der Waals surface area contributed by atoms with Gasteiger partial charge in [-0.15, -0.1) is 24.8 Å². The van der Waals surface area contributed by atoms with Gasteiger partial charge in [0.15, 0.2) is 0 Å². The molecule has 0 radical (unpaired) electrons. The largest absolute Gasteiger partial charge is 0.326 e. The average Bonchev–Trinajstić information content (AvgIpc) is 3.26. The van der Waals surface area contributed by atoms with Crippen molar-refractivity contribution in [2.45, 2.75) is 32.2 Å². The van der Waals surface area contributed by atoms with Crippen molar-refractivity contribution < 1.29 is 4.79 Å². The van der Waals surface area contributed by atoms with E-state index in [4.69, 9.17) is 0 Å². The van der Waals surface area contributed by atoms with E-state index in [1.807, 2.05) is 24.3 Å². The Hall–Kier alpha value is -1.63. The van der Waals surface area contributed by atoms with Gasteiger partial charge in [0.2, 0.25) is 5.91 Å². The first kappa shape index (κ1) is 20.7. The molecule has 0 unspecified atom stereocenters. The van der Waals surface area contributed by atoms with Crippen LogP contribution in [0.2, 0.25) is 0 Å². The van der Waals surface area contributed by atoms with Crippen LogP contribution in [0, 0.1) is 11.3 Å². The predicted molar refractivity (Wildman–Crippen MR) is 106 cm³/mol. The monoisotopic (exact) mass is 397 g/mol. The normalized spacial score (nSPS) is 24.1. The second kappa shape index (κ2) is 8.84. The van der Waals surface area contributed by atoms with Crippen LogP contribution < -0.4 is 10.6 Å². The zero-order chi connectivity index (χ0) is 16.4. The third-order valence-electron chi connectivity index (χ3n) is 5.51. The molecule has 6 nitrogen and oxygen atoms in total. The minimum Gasteiger partial charge on any atom is -0.326 e. The summed E-state index contributed by atoms with van der Waals surface area (Å²) < 4.78 is 1.78. The van der Waals surface area contributed by atoms with Crippen molar-refractivity contribution in [1.82, 2.24) is 20.1 Å². The van der Waals surface area contributed by atoms with E-state index in [1.54, 1.807) is 11.0 Å². The summed E-state index contributed by atoms with van der Waals surface area (Å²) in [6, 6.07) is 8.00.